The molecule has 0 radical (unpaired) electrons. The number of benzene rings is 5. The molecule has 1 heterocycles. The Balaban J connectivity index is -0.000000886. The third-order valence-corrected chi connectivity index (χ3v) is 9.51. The number of nitrogens with two attached hydrogens (primary N) is 3. The monoisotopic (exact) mass is 1260 g/mol. The van der Waals surface area contributed by atoms with Crippen LogP contribution < -0.4 is 27.8 Å². The lowest BCUT2D eigenvalue weighted by Gasteiger charge is -2.20. The number of thioether (sulfide) groups is 1. The lowest BCUT2D eigenvalue weighted by atomic mass is 10.1. The molecule has 5 aromatic carbocycles. The molecule has 0 spiro atoms. The molecule has 0 saturated heterocycles. The fourth-order valence-corrected chi connectivity index (χ4v) is 5.69. The molecule has 1 atom stereocenters. The molecule has 28 heteroatoms. The number of thiocarbonyl (C=S) groups is 1. The van der Waals surface area contributed by atoms with Crippen molar-refractivity contribution in [2.24, 2.45) is 21.5 Å². The maximum atomic E-state index is 10.8. The molecule has 1 aliphatic heterocycles. The van der Waals surface area contributed by atoms with E-state index in [0.717, 1.165) is 45.8 Å². The van der Waals surface area contributed by atoms with Gasteiger partial charge in [-0.2, -0.15) is 0 Å². The van der Waals surface area contributed by atoms with Gasteiger partial charge in [-0.3, -0.25) is 4.99 Å². The topological polar surface area (TPSA) is 475 Å². The minimum absolute atomic E-state index is 0. The molecule has 434 valence electrons. The van der Waals surface area contributed by atoms with Gasteiger partial charge in [0.15, 0.2) is 5.96 Å². The van der Waals surface area contributed by atoms with Crippen molar-refractivity contribution in [3.8, 4) is 34.5 Å². The fourth-order valence-electron chi connectivity index (χ4n) is 5.33. The van der Waals surface area contributed by atoms with E-state index in [4.69, 9.17) is 75.4 Å². The molecule has 0 aromatic heterocycles. The van der Waals surface area contributed by atoms with E-state index in [1.54, 1.807) is 6.92 Å². The number of carboxylic acid groups (broad SMARTS) is 5. The number of phenols is 6. The lowest BCUT2D eigenvalue weighted by molar-refractivity contribution is 0.0685. The molecule has 25 nitrogen and oxygen atoms in total. The number of nitrogen functional groups attached to an aromatic ring is 1. The molecule has 0 bridgehead atoms. The number of halogens is 1. The summed E-state index contributed by atoms with van der Waals surface area (Å²) in [6.45, 7) is 4.76. The standard InChI is InChI=1S/C11H13N3O4.C10H11NO3S.C10H10O3S.C7H7NO3.C7H6O4.C3H10N2O.CH3I.2CH4/c15-8-2-6(10(17)18)1-7(3-8)14-11-12-4-9(16)5-13-11;1-6(15-2)11-8-3-7(10(13)14)4-9(12)5-8;1-6(14)2-7-3-8(10(12)13)5-9(11)4-7;2*8-5-1-4(7(10)11)2-6(9)3-5;4-1-3(6)2-5;1-2;;/h1-3,9,15-16H,4-5H2,(H,17,18)(H2,12,13,14);3-5,12H,1-2H3,(H,13,14);3-5,11H,2H2,1H3,(H,12,13);1-3,9H,8H2,(H,10,11);1-3,8-9H,(H,10,11);3,6H,1-2,4-5H2;1H3;2*1H4. The molecule has 1 unspecified atom stereocenters. The smallest absolute Gasteiger partial charge is 0.335 e. The first-order valence-corrected chi connectivity index (χ1v) is 25.4. The van der Waals surface area contributed by atoms with Crippen molar-refractivity contribution in [3.05, 3.63) is 124 Å². The Hall–Kier alpha value is -8.00. The number of β-amino-alcohol motifs (C(OH)–C–C–N with tert-alkyl or cyclic N) is 1. The average molecular weight is 1260 g/mol. The SMILES string of the molecule is C.C.CC(=S)Cc1cc(O)cc(C(=O)O)c1.CI.CSC(C)=Nc1cc(O)cc(C(=O)O)c1.NCC(O)CN.Nc1cc(O)cc(C(=O)O)c1.O=C(O)c1cc(O)cc(NC2=NCC(O)CN2)c1.O=C(O)c1cc(O)cc(O)c1. The number of hydrogen-bond donors (Lipinski definition) is 18. The van der Waals surface area contributed by atoms with Crippen molar-refractivity contribution in [1.29, 1.82) is 0 Å². The quantitative estimate of drug-likeness (QED) is 0.0170. The number of aromatic hydroxyl groups is 6. The average Bonchev–Trinajstić information content (AvgIpc) is 3.34. The Labute approximate surface area is 478 Å². The van der Waals surface area contributed by atoms with Crippen molar-refractivity contribution in [3.63, 3.8) is 0 Å². The molecule has 0 amide bonds. The van der Waals surface area contributed by atoms with Crippen molar-refractivity contribution < 1.29 is 90.4 Å². The van der Waals surface area contributed by atoms with E-state index < -0.39 is 42.1 Å². The number of anilines is 2. The van der Waals surface area contributed by atoms with Crippen LogP contribution in [0, 0.1) is 0 Å². The summed E-state index contributed by atoms with van der Waals surface area (Å²) < 4.78 is 0. The summed E-state index contributed by atoms with van der Waals surface area (Å²) >= 11 is 8.51. The number of aliphatic hydroxyl groups is 2. The number of carboxylic acids is 5. The van der Waals surface area contributed by atoms with Crippen LogP contribution in [0.25, 0.3) is 0 Å². The number of nitrogens with one attached hydrogen (secondary N) is 2. The van der Waals surface area contributed by atoms with E-state index >= 15 is 0 Å². The van der Waals surface area contributed by atoms with Crippen LogP contribution in [0.3, 0.4) is 0 Å². The van der Waals surface area contributed by atoms with Crippen LogP contribution in [0.4, 0.5) is 17.1 Å². The normalized spacial score (nSPS) is 11.6. The number of rotatable bonds is 11. The Bertz CT molecular complexity index is 2750. The molecule has 0 saturated carbocycles. The number of nitrogens with zero attached hydrogens (tertiary/aromatic N) is 2. The fraction of sp³-hybridized carbons (Fsp3) is 0.255. The van der Waals surface area contributed by atoms with Gasteiger partial charge in [-0.15, -0.1) is 11.8 Å². The lowest BCUT2D eigenvalue weighted by Crippen LogP contribution is -2.42. The van der Waals surface area contributed by atoms with Crippen molar-refractivity contribution >= 4 is 109 Å². The zero-order valence-electron chi connectivity index (χ0n) is 41.5. The minimum atomic E-state index is -1.18. The van der Waals surface area contributed by atoms with Gasteiger partial charge in [0, 0.05) is 61.7 Å². The molecule has 5 aromatic rings. The second-order valence-corrected chi connectivity index (χ2v) is 16.9. The maximum Gasteiger partial charge on any atom is 0.335 e. The molecule has 0 aliphatic carbocycles. The Morgan fingerprint density at radius 1 is 0.658 bits per heavy atom. The number of guanidine groups is 1. The number of hydrogen-bond acceptors (Lipinski definition) is 22. The molecular weight excluding hydrogens is 1190 g/mol. The number of alkyl halides is 1. The first kappa shape index (κ1) is 75.2. The van der Waals surface area contributed by atoms with E-state index in [9.17, 15) is 44.4 Å². The van der Waals surface area contributed by atoms with Crippen LogP contribution in [0.2, 0.25) is 0 Å². The molecule has 6 rings (SSSR count). The number of carbonyl (C=O) groups is 5. The number of aliphatic imine (C=N–C) groups is 2. The number of aromatic carboxylic acids is 5. The predicted octanol–water partition coefficient (Wildman–Crippen LogP) is 6.41. The van der Waals surface area contributed by atoms with E-state index in [0.29, 0.717) is 30.3 Å². The summed E-state index contributed by atoms with van der Waals surface area (Å²) in [7, 11) is 0. The van der Waals surface area contributed by atoms with Crippen LogP contribution in [0.1, 0.15) is 86.1 Å². The second-order valence-electron chi connectivity index (χ2n) is 15.2. The summed E-state index contributed by atoms with van der Waals surface area (Å²) in [6, 6.07) is 19.1. The van der Waals surface area contributed by atoms with Crippen LogP contribution in [-0.4, -0.2) is 162 Å². The van der Waals surface area contributed by atoms with Crippen molar-refractivity contribution in [2.75, 3.05) is 48.4 Å². The second kappa shape index (κ2) is 39.4. The molecular formula is C51H68IN7O18S2. The predicted molar refractivity (Wildman–Crippen MR) is 317 cm³/mol. The van der Waals surface area contributed by atoms with Crippen LogP contribution in [-0.2, 0) is 6.42 Å². The molecule has 1 aliphatic rings. The van der Waals surface area contributed by atoms with Gasteiger partial charge in [-0.25, -0.2) is 29.0 Å². The van der Waals surface area contributed by atoms with Gasteiger partial charge in [0.2, 0.25) is 0 Å². The van der Waals surface area contributed by atoms with E-state index in [2.05, 4.69) is 43.2 Å². The van der Waals surface area contributed by atoms with Gasteiger partial charge in [-0.05, 0) is 102 Å². The maximum absolute atomic E-state index is 10.8. The van der Waals surface area contributed by atoms with Gasteiger partial charge >= 0.3 is 29.8 Å². The molecule has 0 fully saturated rings. The van der Waals surface area contributed by atoms with Gasteiger partial charge in [0.1, 0.15) is 34.5 Å². The highest BCUT2D eigenvalue weighted by Crippen LogP contribution is 2.24. The zero-order valence-corrected chi connectivity index (χ0v) is 45.3. The van der Waals surface area contributed by atoms with E-state index in [1.165, 1.54) is 72.4 Å². The zero-order chi connectivity index (χ0) is 59.1. The number of phenolic OH excluding ortho intramolecular Hbond substituents is 6. The van der Waals surface area contributed by atoms with Gasteiger partial charge < -0.3 is 94.2 Å². The van der Waals surface area contributed by atoms with Crippen molar-refractivity contribution in [2.45, 2.75) is 47.3 Å². The highest BCUT2D eigenvalue weighted by Gasteiger charge is 2.14. The largest absolute Gasteiger partial charge is 0.508 e. The highest BCUT2D eigenvalue weighted by molar-refractivity contribution is 14.1. The molecule has 79 heavy (non-hydrogen) atoms. The third kappa shape index (κ3) is 32.4. The Morgan fingerprint density at radius 3 is 1.44 bits per heavy atom. The third-order valence-electron chi connectivity index (χ3n) is 8.68. The summed E-state index contributed by atoms with van der Waals surface area (Å²) in [4.78, 5) is 63.7. The van der Waals surface area contributed by atoms with Crippen LogP contribution in [0.5, 0.6) is 34.5 Å². The first-order valence-electron chi connectivity index (χ1n) is 21.6. The van der Waals surface area contributed by atoms with Gasteiger partial charge in [-0.1, -0.05) is 49.7 Å². The number of aliphatic hydroxyl groups excluding tert-OH is 2. The van der Waals surface area contributed by atoms with Gasteiger partial charge in [0.05, 0.1) is 57.3 Å². The summed E-state index contributed by atoms with van der Waals surface area (Å²) in [5.74, 6) is -6.05. The Kier molecular flexibility index (Phi) is 37.5. The minimum Gasteiger partial charge on any atom is -0.508 e. The van der Waals surface area contributed by atoms with Crippen LogP contribution >= 0.6 is 46.6 Å². The van der Waals surface area contributed by atoms with E-state index in [-0.39, 0.29) is 102 Å². The summed E-state index contributed by atoms with van der Waals surface area (Å²) in [5.41, 5.74) is 16.9. The Morgan fingerprint density at radius 2 is 1.05 bits per heavy atom. The van der Waals surface area contributed by atoms with E-state index in [1.807, 2.05) is 18.1 Å². The first-order chi connectivity index (χ1) is 36.0. The highest BCUT2D eigenvalue weighted by atomic mass is 127. The summed E-state index contributed by atoms with van der Waals surface area (Å²) in [6.07, 6.45) is 1.35. The van der Waals surface area contributed by atoms with Crippen LogP contribution in [0.15, 0.2) is 101 Å². The molecule has 21 N–H and O–H groups in total. The summed E-state index contributed by atoms with van der Waals surface area (Å²) in [5, 5.41) is 122. The van der Waals surface area contributed by atoms with Gasteiger partial charge in [0.25, 0.3) is 0 Å². The van der Waals surface area contributed by atoms with Crippen molar-refractivity contribution in [1.82, 2.24) is 5.32 Å².